The first kappa shape index (κ1) is 15.2. The highest BCUT2D eigenvalue weighted by molar-refractivity contribution is 6.35. The zero-order chi connectivity index (χ0) is 14.9. The van der Waals surface area contributed by atoms with E-state index in [4.69, 9.17) is 34.8 Å². The monoisotopic (exact) mass is 331 g/mol. The number of aryl methyl sites for hydroxylation is 1. The summed E-state index contributed by atoms with van der Waals surface area (Å²) < 4.78 is 1.17. The number of aromatic nitrogens is 2. The molecule has 0 spiro atoms. The molecule has 1 atom stereocenters. The third-order valence-electron chi connectivity index (χ3n) is 2.88. The quantitative estimate of drug-likeness (QED) is 0.927. The number of rotatable bonds is 3. The molecule has 0 saturated heterocycles. The predicted octanol–water partition coefficient (Wildman–Crippen LogP) is 3.91. The van der Waals surface area contributed by atoms with Crippen molar-refractivity contribution in [3.05, 3.63) is 55.4 Å². The van der Waals surface area contributed by atoms with Crippen molar-refractivity contribution in [2.75, 3.05) is 5.32 Å². The van der Waals surface area contributed by atoms with Crippen LogP contribution in [0.1, 0.15) is 18.5 Å². The highest BCUT2D eigenvalue weighted by Gasteiger charge is 2.13. The summed E-state index contributed by atoms with van der Waals surface area (Å²) in [5.74, 6) is 0. The largest absolute Gasteiger partial charge is 0.376 e. The molecule has 1 aromatic heterocycles. The molecule has 2 rings (SSSR count). The average Bonchev–Trinajstić information content (AvgIpc) is 2.39. The van der Waals surface area contributed by atoms with Gasteiger partial charge >= 0.3 is 0 Å². The summed E-state index contributed by atoms with van der Waals surface area (Å²) in [7, 11) is 1.54. The molecule has 0 amide bonds. The van der Waals surface area contributed by atoms with E-state index in [1.54, 1.807) is 12.1 Å². The van der Waals surface area contributed by atoms with Gasteiger partial charge in [-0.3, -0.25) is 4.79 Å². The van der Waals surface area contributed by atoms with E-state index < -0.39 is 0 Å². The molecule has 7 heteroatoms. The van der Waals surface area contributed by atoms with Crippen molar-refractivity contribution in [1.29, 1.82) is 0 Å². The molecule has 0 aliphatic rings. The van der Waals surface area contributed by atoms with E-state index in [0.29, 0.717) is 15.7 Å². The predicted molar refractivity (Wildman–Crippen MR) is 83.0 cm³/mol. The first-order valence-electron chi connectivity index (χ1n) is 5.83. The standard InChI is InChI=1S/C13H12Cl3N3O/c1-7(9-4-3-8(14)5-10(9)15)18-11-6-17-19(2)13(20)12(11)16/h3-7,18H,1-2H3/t7-/m0/s1. The van der Waals surface area contributed by atoms with Crippen molar-refractivity contribution in [2.45, 2.75) is 13.0 Å². The summed E-state index contributed by atoms with van der Waals surface area (Å²) in [6, 6.07) is 5.10. The van der Waals surface area contributed by atoms with Crippen LogP contribution < -0.4 is 10.9 Å². The Balaban J connectivity index is 2.30. The average molecular weight is 333 g/mol. The lowest BCUT2D eigenvalue weighted by Crippen LogP contribution is -2.21. The van der Waals surface area contributed by atoms with Crippen LogP contribution in [0, 0.1) is 0 Å². The van der Waals surface area contributed by atoms with Gasteiger partial charge in [-0.05, 0) is 24.6 Å². The Hall–Kier alpha value is -1.23. The van der Waals surface area contributed by atoms with Crippen molar-refractivity contribution in [3.8, 4) is 0 Å². The zero-order valence-corrected chi connectivity index (χ0v) is 13.1. The molecule has 1 heterocycles. The summed E-state index contributed by atoms with van der Waals surface area (Å²) >= 11 is 18.0. The van der Waals surface area contributed by atoms with Gasteiger partial charge in [-0.2, -0.15) is 5.10 Å². The smallest absolute Gasteiger partial charge is 0.287 e. The van der Waals surface area contributed by atoms with Gasteiger partial charge in [-0.15, -0.1) is 0 Å². The van der Waals surface area contributed by atoms with Gasteiger partial charge in [0, 0.05) is 17.1 Å². The maximum absolute atomic E-state index is 11.7. The minimum absolute atomic E-state index is 0.0967. The molecule has 2 aromatic rings. The number of halogens is 3. The molecular weight excluding hydrogens is 321 g/mol. The fourth-order valence-electron chi connectivity index (χ4n) is 1.78. The molecule has 0 unspecified atom stereocenters. The third kappa shape index (κ3) is 3.08. The van der Waals surface area contributed by atoms with Crippen LogP contribution in [0.2, 0.25) is 15.1 Å². The topological polar surface area (TPSA) is 46.9 Å². The van der Waals surface area contributed by atoms with E-state index in [9.17, 15) is 4.79 Å². The van der Waals surface area contributed by atoms with E-state index in [0.717, 1.165) is 5.56 Å². The van der Waals surface area contributed by atoms with Gasteiger partial charge in [0.1, 0.15) is 5.02 Å². The Morgan fingerprint density at radius 1 is 1.30 bits per heavy atom. The first-order valence-corrected chi connectivity index (χ1v) is 6.97. The fraction of sp³-hybridized carbons (Fsp3) is 0.231. The van der Waals surface area contributed by atoms with Gasteiger partial charge in [-0.25, -0.2) is 4.68 Å². The molecular formula is C13H12Cl3N3O. The summed E-state index contributed by atoms with van der Waals surface area (Å²) in [5, 5.41) is 8.26. The van der Waals surface area contributed by atoms with Crippen molar-refractivity contribution in [2.24, 2.45) is 7.05 Å². The van der Waals surface area contributed by atoms with Gasteiger partial charge < -0.3 is 5.32 Å². The molecule has 4 nitrogen and oxygen atoms in total. The Bertz CT molecular complexity index is 700. The van der Waals surface area contributed by atoms with Crippen LogP contribution in [0.4, 0.5) is 5.69 Å². The van der Waals surface area contributed by atoms with E-state index in [-0.39, 0.29) is 16.6 Å². The van der Waals surface area contributed by atoms with E-state index in [1.807, 2.05) is 13.0 Å². The number of nitrogens with zero attached hydrogens (tertiary/aromatic N) is 2. The number of benzene rings is 1. The van der Waals surface area contributed by atoms with Crippen LogP contribution in [0.3, 0.4) is 0 Å². The normalized spacial score (nSPS) is 12.2. The maximum atomic E-state index is 11.7. The molecule has 0 saturated carbocycles. The van der Waals surface area contributed by atoms with Gasteiger partial charge in [0.15, 0.2) is 0 Å². The van der Waals surface area contributed by atoms with Crippen LogP contribution >= 0.6 is 34.8 Å². The van der Waals surface area contributed by atoms with Gasteiger partial charge in [0.05, 0.1) is 17.9 Å². The highest BCUT2D eigenvalue weighted by Crippen LogP contribution is 2.29. The second-order valence-corrected chi connectivity index (χ2v) is 5.55. The van der Waals surface area contributed by atoms with Crippen LogP contribution in [-0.2, 0) is 7.05 Å². The second kappa shape index (κ2) is 6.04. The van der Waals surface area contributed by atoms with Crippen molar-refractivity contribution in [3.63, 3.8) is 0 Å². The summed E-state index contributed by atoms with van der Waals surface area (Å²) in [6.45, 7) is 1.91. The molecule has 0 fully saturated rings. The Kier molecular flexibility index (Phi) is 4.58. The molecule has 0 radical (unpaired) electrons. The highest BCUT2D eigenvalue weighted by atomic mass is 35.5. The summed E-state index contributed by atoms with van der Waals surface area (Å²) in [4.78, 5) is 11.7. The summed E-state index contributed by atoms with van der Waals surface area (Å²) in [5.41, 5.74) is 0.965. The molecule has 0 bridgehead atoms. The number of hydrogen-bond acceptors (Lipinski definition) is 3. The number of nitrogens with one attached hydrogen (secondary N) is 1. The number of anilines is 1. The SMILES string of the molecule is C[C@H](Nc1cnn(C)c(=O)c1Cl)c1ccc(Cl)cc1Cl. The fourth-order valence-corrected chi connectivity index (χ4v) is 2.57. The van der Waals surface area contributed by atoms with Crippen LogP contribution in [0.25, 0.3) is 0 Å². The Morgan fingerprint density at radius 3 is 2.65 bits per heavy atom. The first-order chi connectivity index (χ1) is 9.40. The van der Waals surface area contributed by atoms with Gasteiger partial charge in [0.2, 0.25) is 0 Å². The van der Waals surface area contributed by atoms with E-state index in [2.05, 4.69) is 10.4 Å². The minimum Gasteiger partial charge on any atom is -0.376 e. The maximum Gasteiger partial charge on any atom is 0.287 e. The number of hydrogen-bond donors (Lipinski definition) is 1. The van der Waals surface area contributed by atoms with Crippen LogP contribution in [0.5, 0.6) is 0 Å². The molecule has 1 N–H and O–H groups in total. The lowest BCUT2D eigenvalue weighted by atomic mass is 10.1. The van der Waals surface area contributed by atoms with Gasteiger partial charge in [0.25, 0.3) is 5.56 Å². The Morgan fingerprint density at radius 2 is 2.00 bits per heavy atom. The van der Waals surface area contributed by atoms with Crippen LogP contribution in [-0.4, -0.2) is 9.78 Å². The van der Waals surface area contributed by atoms with Crippen molar-refractivity contribution >= 4 is 40.5 Å². The van der Waals surface area contributed by atoms with E-state index >= 15 is 0 Å². The molecule has 0 aliphatic heterocycles. The third-order valence-corrected chi connectivity index (χ3v) is 3.81. The molecule has 0 aliphatic carbocycles. The lowest BCUT2D eigenvalue weighted by Gasteiger charge is -2.17. The van der Waals surface area contributed by atoms with Crippen molar-refractivity contribution in [1.82, 2.24) is 9.78 Å². The zero-order valence-electron chi connectivity index (χ0n) is 10.8. The van der Waals surface area contributed by atoms with Gasteiger partial charge in [-0.1, -0.05) is 40.9 Å². The minimum atomic E-state index is -0.355. The van der Waals surface area contributed by atoms with Crippen LogP contribution in [0.15, 0.2) is 29.2 Å². The van der Waals surface area contributed by atoms with E-state index in [1.165, 1.54) is 17.9 Å². The summed E-state index contributed by atoms with van der Waals surface area (Å²) in [6.07, 6.45) is 1.50. The second-order valence-electron chi connectivity index (χ2n) is 4.33. The van der Waals surface area contributed by atoms with Crippen molar-refractivity contribution < 1.29 is 0 Å². The Labute approximate surface area is 131 Å². The molecule has 20 heavy (non-hydrogen) atoms. The lowest BCUT2D eigenvalue weighted by molar-refractivity contribution is 0.706. The molecule has 106 valence electrons. The molecule has 1 aromatic carbocycles.